The molecule has 0 fully saturated rings. The van der Waals surface area contributed by atoms with Crippen molar-refractivity contribution in [2.24, 2.45) is 0 Å². The maximum atomic E-state index is 10.6. The van der Waals surface area contributed by atoms with Gasteiger partial charge in [-0.3, -0.25) is 9.59 Å². The van der Waals surface area contributed by atoms with Crippen molar-refractivity contribution in [3.8, 4) is 0 Å². The first-order valence-corrected chi connectivity index (χ1v) is 3.04. The molecule has 0 heterocycles. The number of methoxy groups -OCH3 is 1. The number of esters is 3. The summed E-state index contributed by atoms with van der Waals surface area (Å²) in [6.45, 7) is 3.07. The van der Waals surface area contributed by atoms with Crippen LogP contribution in [0.25, 0.3) is 0 Å². The molecule has 0 unspecified atom stereocenters. The topological polar surface area (TPSA) is 69.7 Å². The summed E-state index contributed by atoms with van der Waals surface area (Å²) in [5.74, 6) is -2.59. The molecular formula is C7H9NaO5. The second kappa shape index (κ2) is 7.97. The first-order valence-electron chi connectivity index (χ1n) is 3.04. The molecule has 0 atom stereocenters. The Labute approximate surface area is 97.4 Å². The van der Waals surface area contributed by atoms with Gasteiger partial charge in [0, 0.05) is 6.08 Å². The van der Waals surface area contributed by atoms with Crippen molar-refractivity contribution in [3.63, 3.8) is 0 Å². The van der Waals surface area contributed by atoms with Crippen LogP contribution in [0.4, 0.5) is 0 Å². The minimum absolute atomic E-state index is 0. The molecule has 0 amide bonds. The molecule has 0 aromatic heterocycles. The minimum atomic E-state index is -0.952. The molecular weight excluding hydrogens is 187 g/mol. The monoisotopic (exact) mass is 196 g/mol. The predicted octanol–water partition coefficient (Wildman–Crippen LogP) is -0.843. The van der Waals surface area contributed by atoms with Crippen molar-refractivity contribution in [2.75, 3.05) is 7.11 Å². The summed E-state index contributed by atoms with van der Waals surface area (Å²) in [7, 11) is 1.13. The molecule has 0 saturated heterocycles. The van der Waals surface area contributed by atoms with Gasteiger partial charge < -0.3 is 9.47 Å². The second-order valence-corrected chi connectivity index (χ2v) is 1.75. The van der Waals surface area contributed by atoms with Crippen LogP contribution in [0.2, 0.25) is 0 Å². The van der Waals surface area contributed by atoms with Gasteiger partial charge in [-0.25, -0.2) is 4.79 Å². The summed E-state index contributed by atoms with van der Waals surface area (Å²) in [6, 6.07) is 0. The first kappa shape index (κ1) is 14.9. The molecule has 5 nitrogen and oxygen atoms in total. The summed E-state index contributed by atoms with van der Waals surface area (Å²) in [6.07, 6.45) is 0.255. The van der Waals surface area contributed by atoms with Crippen LogP contribution in [0.5, 0.6) is 0 Å². The van der Waals surface area contributed by atoms with E-state index in [1.165, 1.54) is 0 Å². The van der Waals surface area contributed by atoms with Crippen molar-refractivity contribution in [1.82, 2.24) is 0 Å². The van der Waals surface area contributed by atoms with Crippen LogP contribution in [-0.2, 0) is 23.9 Å². The normalized spacial score (nSPS) is 7.77. The number of hydrogen-bond donors (Lipinski definition) is 0. The molecule has 0 N–H and O–H groups in total. The average molecular weight is 196 g/mol. The molecule has 6 heteroatoms. The SMILES string of the molecule is C=CC(=O)OC(=O)CC(=O)OC.[NaH]. The Bertz CT molecular complexity index is 223. The van der Waals surface area contributed by atoms with E-state index in [9.17, 15) is 14.4 Å². The van der Waals surface area contributed by atoms with Gasteiger partial charge in [-0.15, -0.1) is 0 Å². The van der Waals surface area contributed by atoms with Gasteiger partial charge in [0.15, 0.2) is 0 Å². The summed E-state index contributed by atoms with van der Waals surface area (Å²) in [5, 5.41) is 0. The first-order chi connectivity index (χ1) is 5.60. The molecule has 0 aliphatic carbocycles. The van der Waals surface area contributed by atoms with Crippen LogP contribution in [0.1, 0.15) is 6.42 Å². The van der Waals surface area contributed by atoms with Crippen LogP contribution in [0.3, 0.4) is 0 Å². The molecule has 0 radical (unpaired) electrons. The van der Waals surface area contributed by atoms with Crippen molar-refractivity contribution in [1.29, 1.82) is 0 Å². The van der Waals surface area contributed by atoms with E-state index < -0.39 is 24.3 Å². The Morgan fingerprint density at radius 3 is 2.23 bits per heavy atom. The molecule has 13 heavy (non-hydrogen) atoms. The third kappa shape index (κ3) is 7.70. The van der Waals surface area contributed by atoms with Gasteiger partial charge in [-0.2, -0.15) is 0 Å². The van der Waals surface area contributed by atoms with E-state index in [1.807, 2.05) is 0 Å². The summed E-state index contributed by atoms with van der Waals surface area (Å²) in [4.78, 5) is 31.4. The van der Waals surface area contributed by atoms with E-state index >= 15 is 0 Å². The fraction of sp³-hybridized carbons (Fsp3) is 0.286. The molecule has 0 saturated carbocycles. The molecule has 0 aliphatic rings. The van der Waals surface area contributed by atoms with Gasteiger partial charge in [0.25, 0.3) is 0 Å². The Hall–Kier alpha value is -0.650. The van der Waals surface area contributed by atoms with E-state index in [2.05, 4.69) is 16.1 Å². The van der Waals surface area contributed by atoms with Gasteiger partial charge in [0.05, 0.1) is 7.11 Å². The van der Waals surface area contributed by atoms with E-state index in [0.29, 0.717) is 0 Å². The van der Waals surface area contributed by atoms with Gasteiger partial charge in [0.2, 0.25) is 0 Å². The van der Waals surface area contributed by atoms with Crippen LogP contribution >= 0.6 is 0 Å². The Kier molecular flexibility index (Phi) is 9.11. The molecule has 0 aromatic rings. The van der Waals surface area contributed by atoms with Crippen molar-refractivity contribution in [3.05, 3.63) is 12.7 Å². The fourth-order valence-corrected chi connectivity index (χ4v) is 0.380. The Balaban J connectivity index is 0. The molecule has 0 spiro atoms. The van der Waals surface area contributed by atoms with Crippen molar-refractivity contribution < 1.29 is 23.9 Å². The Morgan fingerprint density at radius 1 is 1.31 bits per heavy atom. The Morgan fingerprint density at radius 2 is 1.85 bits per heavy atom. The second-order valence-electron chi connectivity index (χ2n) is 1.75. The van der Waals surface area contributed by atoms with Gasteiger partial charge in [-0.05, 0) is 0 Å². The predicted molar refractivity (Wildman–Crippen MR) is 45.1 cm³/mol. The third-order valence-electron chi connectivity index (χ3n) is 0.897. The average Bonchev–Trinajstić information content (AvgIpc) is 2.03. The molecule has 0 rings (SSSR count). The zero-order chi connectivity index (χ0) is 9.56. The number of hydrogen-bond acceptors (Lipinski definition) is 5. The van der Waals surface area contributed by atoms with Gasteiger partial charge >= 0.3 is 47.5 Å². The van der Waals surface area contributed by atoms with Gasteiger partial charge in [0.1, 0.15) is 6.42 Å². The molecule has 0 aliphatic heterocycles. The number of rotatable bonds is 3. The third-order valence-corrected chi connectivity index (χ3v) is 0.897. The summed E-state index contributed by atoms with van der Waals surface area (Å²) < 4.78 is 8.23. The van der Waals surface area contributed by atoms with Crippen molar-refractivity contribution in [2.45, 2.75) is 6.42 Å². The fourth-order valence-electron chi connectivity index (χ4n) is 0.380. The van der Waals surface area contributed by atoms with E-state index in [1.54, 1.807) is 0 Å². The van der Waals surface area contributed by atoms with E-state index in [4.69, 9.17) is 0 Å². The summed E-state index contributed by atoms with van der Waals surface area (Å²) in [5.41, 5.74) is 0. The van der Waals surface area contributed by atoms with Crippen LogP contribution in [-0.4, -0.2) is 54.6 Å². The number of carbonyl (C=O) groups excluding carboxylic acids is 3. The molecule has 68 valence electrons. The zero-order valence-electron chi connectivity index (χ0n) is 6.53. The summed E-state index contributed by atoms with van der Waals surface area (Å²) >= 11 is 0. The van der Waals surface area contributed by atoms with E-state index in [0.717, 1.165) is 13.2 Å². The zero-order valence-corrected chi connectivity index (χ0v) is 6.53. The van der Waals surface area contributed by atoms with Crippen LogP contribution in [0, 0.1) is 0 Å². The van der Waals surface area contributed by atoms with Crippen LogP contribution < -0.4 is 0 Å². The van der Waals surface area contributed by atoms with E-state index in [-0.39, 0.29) is 29.6 Å². The molecule has 0 aromatic carbocycles. The quantitative estimate of drug-likeness (QED) is 0.254. The number of carbonyl (C=O) groups is 3. The van der Waals surface area contributed by atoms with Crippen LogP contribution in [0.15, 0.2) is 12.7 Å². The number of ether oxygens (including phenoxy) is 2. The molecule has 0 bridgehead atoms. The maximum absolute atomic E-state index is 10.6. The van der Waals surface area contributed by atoms with Gasteiger partial charge in [-0.1, -0.05) is 6.58 Å². The standard InChI is InChI=1S/C7H8O5.Na.H/c1-3-5(8)12-7(10)4-6(9)11-2;;/h3H,1,4H2,2H3;;. The van der Waals surface area contributed by atoms with Crippen molar-refractivity contribution >= 4 is 47.5 Å².